The van der Waals surface area contributed by atoms with E-state index in [2.05, 4.69) is 5.32 Å². The van der Waals surface area contributed by atoms with Crippen molar-refractivity contribution < 1.29 is 18.4 Å². The minimum Gasteiger partial charge on any atom is -0.369 e. The van der Waals surface area contributed by atoms with Crippen LogP contribution in [0.2, 0.25) is 15.1 Å². The quantitative estimate of drug-likeness (QED) is 0.332. The summed E-state index contributed by atoms with van der Waals surface area (Å²) in [6.45, 7) is 0. The number of carbonyl (C=O) groups excluding carboxylic acids is 2. The summed E-state index contributed by atoms with van der Waals surface area (Å²) in [5.74, 6) is -4.43. The molecule has 0 bridgehead atoms. The largest absolute Gasteiger partial charge is 0.369 e. The number of anilines is 1. The Morgan fingerprint density at radius 2 is 1.56 bits per heavy atom. The van der Waals surface area contributed by atoms with Gasteiger partial charge in [0, 0.05) is 22.0 Å². The Hall–Kier alpha value is -2.09. The van der Waals surface area contributed by atoms with E-state index in [1.807, 2.05) is 0 Å². The zero-order valence-corrected chi connectivity index (χ0v) is 20.6. The molecule has 0 radical (unpaired) electrons. The van der Waals surface area contributed by atoms with Gasteiger partial charge in [-0.1, -0.05) is 64.1 Å². The highest BCUT2D eigenvalue weighted by atomic mass is 35.5. The van der Waals surface area contributed by atoms with Crippen LogP contribution in [0.5, 0.6) is 0 Å². The van der Waals surface area contributed by atoms with Gasteiger partial charge in [-0.3, -0.25) is 9.59 Å². The average Bonchev–Trinajstić information content (AvgIpc) is 3.26. The van der Waals surface area contributed by atoms with Gasteiger partial charge in [0.2, 0.25) is 5.91 Å². The monoisotopic (exact) mass is 562 g/mol. The van der Waals surface area contributed by atoms with Crippen LogP contribution in [0.15, 0.2) is 54.6 Å². The van der Waals surface area contributed by atoms with Crippen LogP contribution in [-0.2, 0) is 10.2 Å². The van der Waals surface area contributed by atoms with E-state index in [4.69, 9.17) is 63.7 Å². The van der Waals surface area contributed by atoms with Crippen molar-refractivity contribution in [3.63, 3.8) is 0 Å². The van der Waals surface area contributed by atoms with E-state index < -0.39 is 44.7 Å². The summed E-state index contributed by atoms with van der Waals surface area (Å²) in [6.07, 6.45) is 0. The van der Waals surface area contributed by atoms with Gasteiger partial charge in [-0.05, 0) is 53.6 Å². The fraction of sp³-hybridized carbons (Fsp3) is 0.130. The van der Waals surface area contributed by atoms with Gasteiger partial charge in [-0.15, -0.1) is 0 Å². The molecule has 3 aromatic rings. The lowest BCUT2D eigenvalue weighted by molar-refractivity contribution is -0.120. The Morgan fingerprint density at radius 3 is 2.15 bits per heavy atom. The Labute approximate surface area is 217 Å². The summed E-state index contributed by atoms with van der Waals surface area (Å²) in [5.41, 5.74) is 4.53. The molecule has 0 aliphatic heterocycles. The van der Waals surface area contributed by atoms with Gasteiger partial charge in [0.05, 0.1) is 16.3 Å². The van der Waals surface area contributed by atoms with Crippen molar-refractivity contribution in [2.45, 2.75) is 15.7 Å². The van der Waals surface area contributed by atoms with Crippen LogP contribution < -0.4 is 11.1 Å². The molecule has 0 spiro atoms. The maximum absolute atomic E-state index is 14.0. The van der Waals surface area contributed by atoms with E-state index in [1.54, 1.807) is 12.1 Å². The molecule has 11 heteroatoms. The molecule has 4 rings (SSSR count). The molecule has 1 aliphatic carbocycles. The summed E-state index contributed by atoms with van der Waals surface area (Å²) >= 11 is 31.6. The summed E-state index contributed by atoms with van der Waals surface area (Å²) in [7, 11) is 0. The number of benzene rings is 3. The first kappa shape index (κ1) is 25.0. The first-order valence-electron chi connectivity index (χ1n) is 9.59. The lowest BCUT2D eigenvalue weighted by atomic mass is 9.89. The van der Waals surface area contributed by atoms with Crippen LogP contribution >= 0.6 is 58.0 Å². The van der Waals surface area contributed by atoms with Gasteiger partial charge in [0.1, 0.15) is 21.4 Å². The maximum atomic E-state index is 14.0. The second-order valence-electron chi connectivity index (χ2n) is 7.70. The standard InChI is InChI=1S/C23H13Cl5F2N2O2/c24-12-5-10(6-13(25)8-12)19-22(21(31)34,23(19,27)28)11-1-4-16(26)18(7-11)32-20(33)15-3-2-14(29)9-17(15)30/h1-9,19H,(H2,31,34)(H,32,33). The van der Waals surface area contributed by atoms with Crippen molar-refractivity contribution in [3.05, 3.63) is 98.0 Å². The molecule has 3 aromatic carbocycles. The molecular formula is C23H13Cl5F2N2O2. The smallest absolute Gasteiger partial charge is 0.258 e. The van der Waals surface area contributed by atoms with E-state index in [0.29, 0.717) is 21.7 Å². The fourth-order valence-electron chi connectivity index (χ4n) is 4.14. The van der Waals surface area contributed by atoms with Crippen molar-refractivity contribution >= 4 is 75.5 Å². The second-order valence-corrected chi connectivity index (χ2v) is 10.4. The van der Waals surface area contributed by atoms with E-state index in [9.17, 15) is 18.4 Å². The maximum Gasteiger partial charge on any atom is 0.258 e. The number of nitrogens with two attached hydrogens (primary N) is 1. The molecule has 34 heavy (non-hydrogen) atoms. The highest BCUT2D eigenvalue weighted by molar-refractivity contribution is 6.55. The topological polar surface area (TPSA) is 72.2 Å². The number of primary amides is 1. The third kappa shape index (κ3) is 4.01. The van der Waals surface area contributed by atoms with Crippen molar-refractivity contribution in [2.24, 2.45) is 5.73 Å². The number of carbonyl (C=O) groups is 2. The highest BCUT2D eigenvalue weighted by Crippen LogP contribution is 2.74. The van der Waals surface area contributed by atoms with Crippen molar-refractivity contribution in [1.29, 1.82) is 0 Å². The molecule has 0 heterocycles. The van der Waals surface area contributed by atoms with Gasteiger partial charge in [-0.25, -0.2) is 8.78 Å². The lowest BCUT2D eigenvalue weighted by Gasteiger charge is -2.18. The molecule has 0 saturated heterocycles. The Balaban J connectivity index is 1.76. The Morgan fingerprint density at radius 1 is 0.912 bits per heavy atom. The van der Waals surface area contributed by atoms with Crippen LogP contribution in [0.3, 0.4) is 0 Å². The van der Waals surface area contributed by atoms with Crippen LogP contribution in [-0.4, -0.2) is 16.1 Å². The molecule has 1 saturated carbocycles. The molecular weight excluding hydrogens is 552 g/mol. The molecule has 4 nitrogen and oxygen atoms in total. The summed E-state index contributed by atoms with van der Waals surface area (Å²) in [5, 5.41) is 3.15. The molecule has 2 atom stereocenters. The lowest BCUT2D eigenvalue weighted by Crippen LogP contribution is -2.34. The molecule has 0 aromatic heterocycles. The Bertz CT molecular complexity index is 1330. The van der Waals surface area contributed by atoms with Crippen LogP contribution in [0.1, 0.15) is 27.4 Å². The van der Waals surface area contributed by atoms with Gasteiger partial charge < -0.3 is 11.1 Å². The number of alkyl halides is 2. The SMILES string of the molecule is NC(=O)C1(c2ccc(Cl)c(NC(=O)c3ccc(F)cc3F)c2)C(c2cc(Cl)cc(Cl)c2)C1(Cl)Cl. The first-order valence-corrected chi connectivity index (χ1v) is 11.5. The van der Waals surface area contributed by atoms with E-state index in [-0.39, 0.29) is 16.3 Å². The third-order valence-electron chi connectivity index (χ3n) is 5.69. The molecule has 3 N–H and O–H groups in total. The van der Waals surface area contributed by atoms with Crippen molar-refractivity contribution in [3.8, 4) is 0 Å². The van der Waals surface area contributed by atoms with Crippen molar-refractivity contribution in [1.82, 2.24) is 0 Å². The summed E-state index contributed by atoms with van der Waals surface area (Å²) in [6, 6.07) is 11.4. The number of hydrogen-bond acceptors (Lipinski definition) is 2. The number of amides is 2. The normalized spacial score (nSPS) is 20.6. The molecule has 176 valence electrons. The predicted octanol–water partition coefficient (Wildman–Crippen LogP) is 6.87. The zero-order chi connectivity index (χ0) is 25.0. The van der Waals surface area contributed by atoms with E-state index >= 15 is 0 Å². The van der Waals surface area contributed by atoms with E-state index in [1.165, 1.54) is 24.3 Å². The summed E-state index contributed by atoms with van der Waals surface area (Å²) in [4.78, 5) is 25.3. The first-order chi connectivity index (χ1) is 15.9. The average molecular weight is 565 g/mol. The molecule has 2 unspecified atom stereocenters. The summed E-state index contributed by atoms with van der Waals surface area (Å²) < 4.78 is 25.6. The number of halogens is 7. The van der Waals surface area contributed by atoms with Gasteiger partial charge >= 0.3 is 0 Å². The van der Waals surface area contributed by atoms with E-state index in [0.717, 1.165) is 12.1 Å². The highest BCUT2D eigenvalue weighted by Gasteiger charge is 2.80. The molecule has 1 aliphatic rings. The number of rotatable bonds is 5. The second kappa shape index (κ2) is 8.85. The van der Waals surface area contributed by atoms with Gasteiger partial charge in [0.15, 0.2) is 0 Å². The minimum absolute atomic E-state index is 0.0347. The van der Waals surface area contributed by atoms with Crippen LogP contribution in [0, 0.1) is 11.6 Å². The van der Waals surface area contributed by atoms with Crippen LogP contribution in [0.4, 0.5) is 14.5 Å². The van der Waals surface area contributed by atoms with Crippen molar-refractivity contribution in [2.75, 3.05) is 5.32 Å². The third-order valence-corrected chi connectivity index (χ3v) is 7.49. The minimum atomic E-state index is -1.68. The molecule has 2 amide bonds. The van der Waals surface area contributed by atoms with Gasteiger partial charge in [-0.2, -0.15) is 0 Å². The Kier molecular flexibility index (Phi) is 6.51. The molecule has 1 fully saturated rings. The number of hydrogen-bond donors (Lipinski definition) is 2. The fourth-order valence-corrected chi connectivity index (χ4v) is 5.94. The van der Waals surface area contributed by atoms with Gasteiger partial charge in [0.25, 0.3) is 5.91 Å². The zero-order valence-electron chi connectivity index (χ0n) is 16.8. The predicted molar refractivity (Wildman–Crippen MR) is 130 cm³/mol. The number of nitrogens with one attached hydrogen (secondary N) is 1. The van der Waals surface area contributed by atoms with Crippen LogP contribution in [0.25, 0.3) is 0 Å².